The van der Waals surface area contributed by atoms with Crippen LogP contribution in [-0.4, -0.2) is 46.3 Å². The second-order valence-corrected chi connectivity index (χ2v) is 8.01. The average Bonchev–Trinajstić information content (AvgIpc) is 3.27. The fraction of sp³-hybridized carbons (Fsp3) is 0.545. The molecule has 0 bridgehead atoms. The van der Waals surface area contributed by atoms with Crippen molar-refractivity contribution in [2.45, 2.75) is 58.4 Å². The number of carbonyl (C=O) groups excluding carboxylic acids is 1. The molecule has 5 nitrogen and oxygen atoms in total. The van der Waals surface area contributed by atoms with Crippen molar-refractivity contribution in [2.75, 3.05) is 19.6 Å². The number of benzene rings is 1. The van der Waals surface area contributed by atoms with Crippen molar-refractivity contribution in [3.05, 3.63) is 46.8 Å². The van der Waals surface area contributed by atoms with Gasteiger partial charge in [0.15, 0.2) is 5.69 Å². The fourth-order valence-corrected chi connectivity index (χ4v) is 4.41. The first-order chi connectivity index (χ1) is 13.1. The molecular weight excluding hydrogens is 336 g/mol. The van der Waals surface area contributed by atoms with Crippen LogP contribution < -0.4 is 5.32 Å². The van der Waals surface area contributed by atoms with Gasteiger partial charge in [-0.25, -0.2) is 4.68 Å². The van der Waals surface area contributed by atoms with Crippen molar-refractivity contribution < 1.29 is 4.79 Å². The number of piperidine rings is 1. The molecule has 1 unspecified atom stereocenters. The van der Waals surface area contributed by atoms with E-state index in [1.165, 1.54) is 30.5 Å². The van der Waals surface area contributed by atoms with Gasteiger partial charge in [-0.1, -0.05) is 24.1 Å². The molecule has 1 aliphatic heterocycles. The Morgan fingerprint density at radius 3 is 2.78 bits per heavy atom. The monoisotopic (exact) mass is 366 g/mol. The van der Waals surface area contributed by atoms with E-state index in [4.69, 9.17) is 5.10 Å². The number of hydrogen-bond acceptors (Lipinski definition) is 3. The van der Waals surface area contributed by atoms with E-state index in [-0.39, 0.29) is 5.91 Å². The minimum atomic E-state index is -0.0244. The molecule has 1 saturated heterocycles. The average molecular weight is 367 g/mol. The molecule has 4 rings (SSSR count). The number of hydrogen-bond donors (Lipinski definition) is 1. The quantitative estimate of drug-likeness (QED) is 0.883. The van der Waals surface area contributed by atoms with Gasteiger partial charge in [-0.05, 0) is 64.6 Å². The fourth-order valence-electron chi connectivity index (χ4n) is 4.41. The first kappa shape index (κ1) is 18.2. The van der Waals surface area contributed by atoms with E-state index in [2.05, 4.69) is 48.3 Å². The van der Waals surface area contributed by atoms with Crippen LogP contribution in [0.15, 0.2) is 24.3 Å². The van der Waals surface area contributed by atoms with Crippen LogP contribution in [0.25, 0.3) is 5.69 Å². The maximum absolute atomic E-state index is 12.8. The van der Waals surface area contributed by atoms with Gasteiger partial charge in [0.05, 0.1) is 5.69 Å². The number of likely N-dealkylation sites (tertiary alicyclic amines) is 1. The number of nitrogens with one attached hydrogen (secondary N) is 1. The number of carbonyl (C=O) groups is 1. The van der Waals surface area contributed by atoms with Gasteiger partial charge in [0.2, 0.25) is 0 Å². The Balaban J connectivity index is 1.46. The van der Waals surface area contributed by atoms with Gasteiger partial charge < -0.3 is 5.32 Å². The lowest BCUT2D eigenvalue weighted by molar-refractivity contribution is 0.0932. The zero-order valence-corrected chi connectivity index (χ0v) is 16.5. The van der Waals surface area contributed by atoms with E-state index < -0.39 is 0 Å². The first-order valence-corrected chi connectivity index (χ1v) is 10.3. The predicted octanol–water partition coefficient (Wildman–Crippen LogP) is 3.27. The Hall–Kier alpha value is -2.14. The van der Waals surface area contributed by atoms with Crippen molar-refractivity contribution in [3.63, 3.8) is 0 Å². The third-order valence-corrected chi connectivity index (χ3v) is 6.05. The van der Waals surface area contributed by atoms with Crippen molar-refractivity contribution in [1.29, 1.82) is 0 Å². The minimum Gasteiger partial charge on any atom is -0.349 e. The molecule has 1 aliphatic carbocycles. The van der Waals surface area contributed by atoms with E-state index in [9.17, 15) is 4.79 Å². The summed E-state index contributed by atoms with van der Waals surface area (Å²) in [6.07, 6.45) is 6.91. The summed E-state index contributed by atoms with van der Waals surface area (Å²) in [5.74, 6) is -0.0244. The van der Waals surface area contributed by atoms with Gasteiger partial charge in [-0.15, -0.1) is 0 Å². The summed E-state index contributed by atoms with van der Waals surface area (Å²) in [5.41, 5.74) is 5.23. The van der Waals surface area contributed by atoms with Gasteiger partial charge in [0.25, 0.3) is 5.91 Å². The van der Waals surface area contributed by atoms with Crippen LogP contribution in [0.1, 0.15) is 59.9 Å². The molecule has 0 radical (unpaired) electrons. The molecule has 5 heteroatoms. The number of amides is 1. The Morgan fingerprint density at radius 1 is 1.19 bits per heavy atom. The molecule has 1 fully saturated rings. The number of nitrogens with zero attached hydrogens (tertiary/aromatic N) is 3. The molecule has 2 aliphatic rings. The van der Waals surface area contributed by atoms with E-state index in [1.54, 1.807) is 0 Å². The third kappa shape index (κ3) is 3.79. The van der Waals surface area contributed by atoms with Crippen LogP contribution in [0.2, 0.25) is 0 Å². The van der Waals surface area contributed by atoms with Crippen LogP contribution in [-0.2, 0) is 12.8 Å². The third-order valence-electron chi connectivity index (χ3n) is 6.05. The molecule has 1 aromatic heterocycles. The highest BCUT2D eigenvalue weighted by atomic mass is 16.2. The number of rotatable bonds is 5. The number of fused-ring (bicyclic) bond motifs is 1. The molecule has 2 aromatic rings. The van der Waals surface area contributed by atoms with Gasteiger partial charge in [-0.2, -0.15) is 5.10 Å². The Labute approximate surface area is 161 Å². The van der Waals surface area contributed by atoms with E-state index in [1.807, 2.05) is 4.68 Å². The highest BCUT2D eigenvalue weighted by Gasteiger charge is 2.27. The van der Waals surface area contributed by atoms with Crippen LogP contribution >= 0.6 is 0 Å². The Kier molecular flexibility index (Phi) is 5.30. The summed E-state index contributed by atoms with van der Waals surface area (Å²) in [5, 5.41) is 7.82. The predicted molar refractivity (Wildman–Crippen MR) is 108 cm³/mol. The molecule has 1 aromatic carbocycles. The van der Waals surface area contributed by atoms with Gasteiger partial charge in [-0.3, -0.25) is 9.69 Å². The summed E-state index contributed by atoms with van der Waals surface area (Å²) in [6, 6.07) is 8.98. The molecule has 1 N–H and O–H groups in total. The smallest absolute Gasteiger partial charge is 0.272 e. The van der Waals surface area contributed by atoms with E-state index in [0.29, 0.717) is 18.3 Å². The van der Waals surface area contributed by atoms with Gasteiger partial charge in [0.1, 0.15) is 0 Å². The largest absolute Gasteiger partial charge is 0.349 e. The lowest BCUT2D eigenvalue weighted by Gasteiger charge is -2.33. The summed E-state index contributed by atoms with van der Waals surface area (Å²) in [7, 11) is 0. The SMILES string of the molecule is Cc1ccc(-n2nc(C(=O)NCCN3CCCCC3C)c3c2CCC3)cc1. The van der Waals surface area contributed by atoms with Crippen molar-refractivity contribution in [1.82, 2.24) is 20.0 Å². The maximum Gasteiger partial charge on any atom is 0.272 e. The molecule has 144 valence electrons. The lowest BCUT2D eigenvalue weighted by atomic mass is 10.0. The number of aryl methyl sites for hydroxylation is 1. The molecule has 0 saturated carbocycles. The first-order valence-electron chi connectivity index (χ1n) is 10.3. The van der Waals surface area contributed by atoms with Crippen LogP contribution in [0.4, 0.5) is 0 Å². The topological polar surface area (TPSA) is 50.2 Å². The lowest BCUT2D eigenvalue weighted by Crippen LogP contribution is -2.42. The standard InChI is InChI=1S/C22H30N4O/c1-16-9-11-18(12-10-16)26-20-8-5-7-19(20)21(24-26)22(27)23-13-15-25-14-4-3-6-17(25)2/h9-12,17H,3-8,13-15H2,1-2H3,(H,23,27). The molecular formula is C22H30N4O. The van der Waals surface area contributed by atoms with Gasteiger partial charge in [0, 0.05) is 30.4 Å². The summed E-state index contributed by atoms with van der Waals surface area (Å²) in [4.78, 5) is 15.3. The van der Waals surface area contributed by atoms with Crippen molar-refractivity contribution in [2.24, 2.45) is 0 Å². The van der Waals surface area contributed by atoms with Crippen molar-refractivity contribution >= 4 is 5.91 Å². The Bertz CT molecular complexity index is 808. The second-order valence-electron chi connectivity index (χ2n) is 8.01. The normalized spacial score (nSPS) is 19.9. The molecule has 27 heavy (non-hydrogen) atoms. The van der Waals surface area contributed by atoms with Crippen molar-refractivity contribution in [3.8, 4) is 5.69 Å². The summed E-state index contributed by atoms with van der Waals surface area (Å²) in [6.45, 7) is 7.13. The minimum absolute atomic E-state index is 0.0244. The Morgan fingerprint density at radius 2 is 2.00 bits per heavy atom. The molecule has 1 atom stereocenters. The van der Waals surface area contributed by atoms with E-state index in [0.717, 1.165) is 43.6 Å². The van der Waals surface area contributed by atoms with Gasteiger partial charge >= 0.3 is 0 Å². The zero-order valence-electron chi connectivity index (χ0n) is 16.5. The summed E-state index contributed by atoms with van der Waals surface area (Å²) < 4.78 is 1.98. The maximum atomic E-state index is 12.8. The summed E-state index contributed by atoms with van der Waals surface area (Å²) >= 11 is 0. The highest BCUT2D eigenvalue weighted by Crippen LogP contribution is 2.28. The highest BCUT2D eigenvalue weighted by molar-refractivity contribution is 5.94. The van der Waals surface area contributed by atoms with Crippen LogP contribution in [0.3, 0.4) is 0 Å². The molecule has 0 spiro atoms. The van der Waals surface area contributed by atoms with E-state index >= 15 is 0 Å². The second kappa shape index (κ2) is 7.85. The molecule has 1 amide bonds. The van der Waals surface area contributed by atoms with Crippen LogP contribution in [0.5, 0.6) is 0 Å². The van der Waals surface area contributed by atoms with Crippen LogP contribution in [0, 0.1) is 6.92 Å². The number of aromatic nitrogens is 2. The zero-order chi connectivity index (χ0) is 18.8. The molecule has 2 heterocycles.